The minimum atomic E-state index is -4.93. The van der Waals surface area contributed by atoms with Gasteiger partial charge in [-0.1, -0.05) is 0 Å². The number of aromatic nitrogens is 1. The summed E-state index contributed by atoms with van der Waals surface area (Å²) in [4.78, 5) is 13.3. The Balaban J connectivity index is 3.28. The maximum atomic E-state index is 12.0. The Kier molecular flexibility index (Phi) is 3.51. The zero-order chi connectivity index (χ0) is 13.2. The van der Waals surface area contributed by atoms with Gasteiger partial charge in [0, 0.05) is 6.54 Å². The molecule has 9 heteroatoms. The van der Waals surface area contributed by atoms with Gasteiger partial charge in [0.05, 0.1) is 16.7 Å². The average molecular weight is 251 g/mol. The minimum Gasteiger partial charge on any atom is -0.404 e. The van der Waals surface area contributed by atoms with Gasteiger partial charge in [0.2, 0.25) is 0 Å². The molecule has 6 nitrogen and oxygen atoms in total. The molecule has 0 saturated carbocycles. The molecule has 0 unspecified atom stereocenters. The number of halogens is 3. The molecule has 0 aliphatic carbocycles. The topological polar surface area (TPSA) is 91.3 Å². The fourth-order valence-electron chi connectivity index (χ4n) is 1.25. The lowest BCUT2D eigenvalue weighted by atomic mass is 10.2. The monoisotopic (exact) mass is 251 g/mol. The molecule has 0 atom stereocenters. The maximum Gasteiger partial charge on any atom is 0.573 e. The molecule has 0 radical (unpaired) electrons. The average Bonchev–Trinajstić information content (AvgIpc) is 2.18. The third-order valence-corrected chi connectivity index (χ3v) is 1.94. The van der Waals surface area contributed by atoms with E-state index in [-0.39, 0.29) is 17.8 Å². The van der Waals surface area contributed by atoms with Crippen LogP contribution in [0.3, 0.4) is 0 Å². The highest BCUT2D eigenvalue weighted by molar-refractivity contribution is 5.50. The summed E-state index contributed by atoms with van der Waals surface area (Å²) in [5, 5.41) is 10.7. The number of alkyl halides is 3. The molecule has 0 aromatic carbocycles. The summed E-state index contributed by atoms with van der Waals surface area (Å²) in [6.07, 6.45) is -4.16. The number of rotatable bonds is 3. The van der Waals surface area contributed by atoms with Crippen molar-refractivity contribution in [3.63, 3.8) is 0 Å². The Morgan fingerprint density at radius 3 is 2.59 bits per heavy atom. The molecule has 0 aliphatic heterocycles. The summed E-state index contributed by atoms with van der Waals surface area (Å²) in [6, 6.07) is 0. The van der Waals surface area contributed by atoms with Gasteiger partial charge in [-0.15, -0.1) is 13.2 Å². The van der Waals surface area contributed by atoms with Crippen molar-refractivity contribution in [3.8, 4) is 5.75 Å². The van der Waals surface area contributed by atoms with Crippen molar-refractivity contribution < 1.29 is 22.8 Å². The van der Waals surface area contributed by atoms with Crippen LogP contribution in [0.15, 0.2) is 6.20 Å². The predicted molar refractivity (Wildman–Crippen MR) is 50.2 cm³/mol. The first kappa shape index (κ1) is 13.2. The van der Waals surface area contributed by atoms with E-state index in [0.29, 0.717) is 0 Å². The highest BCUT2D eigenvalue weighted by Gasteiger charge is 2.34. The Morgan fingerprint density at radius 1 is 1.59 bits per heavy atom. The van der Waals surface area contributed by atoms with Crippen LogP contribution in [-0.2, 0) is 6.54 Å². The number of ether oxygens (including phenoxy) is 1. The van der Waals surface area contributed by atoms with Gasteiger partial charge in [-0.25, -0.2) is 4.98 Å². The largest absolute Gasteiger partial charge is 0.573 e. The fourth-order valence-corrected chi connectivity index (χ4v) is 1.25. The third kappa shape index (κ3) is 3.03. The summed E-state index contributed by atoms with van der Waals surface area (Å²) in [5.74, 6) is -0.707. The second-order valence-electron chi connectivity index (χ2n) is 3.05. The lowest BCUT2D eigenvalue weighted by molar-refractivity contribution is -0.386. The molecule has 0 bridgehead atoms. The Hall–Kier alpha value is -1.90. The van der Waals surface area contributed by atoms with Crippen molar-refractivity contribution in [2.24, 2.45) is 5.73 Å². The van der Waals surface area contributed by atoms with E-state index in [0.717, 1.165) is 13.1 Å². The van der Waals surface area contributed by atoms with Crippen LogP contribution in [0.1, 0.15) is 11.3 Å². The Morgan fingerprint density at radius 2 is 2.18 bits per heavy atom. The van der Waals surface area contributed by atoms with Crippen LogP contribution >= 0.6 is 0 Å². The third-order valence-electron chi connectivity index (χ3n) is 1.94. The van der Waals surface area contributed by atoms with Crippen LogP contribution in [0.25, 0.3) is 0 Å². The molecular weight excluding hydrogens is 243 g/mol. The predicted octanol–water partition coefficient (Wildman–Crippen LogP) is 1.66. The molecule has 1 aromatic rings. The van der Waals surface area contributed by atoms with Gasteiger partial charge >= 0.3 is 6.36 Å². The van der Waals surface area contributed by atoms with Crippen LogP contribution in [0.2, 0.25) is 0 Å². The highest BCUT2D eigenvalue weighted by Crippen LogP contribution is 2.32. The van der Waals surface area contributed by atoms with E-state index < -0.39 is 22.7 Å². The van der Waals surface area contributed by atoms with E-state index >= 15 is 0 Å². The number of pyridine rings is 1. The van der Waals surface area contributed by atoms with E-state index in [1.807, 2.05) is 0 Å². The quantitative estimate of drug-likeness (QED) is 0.651. The molecule has 1 aromatic heterocycles. The number of hydrogen-bond donors (Lipinski definition) is 1. The zero-order valence-electron chi connectivity index (χ0n) is 8.61. The number of hydrogen-bond acceptors (Lipinski definition) is 5. The first-order chi connectivity index (χ1) is 7.76. The van der Waals surface area contributed by atoms with Crippen molar-refractivity contribution in [1.29, 1.82) is 0 Å². The summed E-state index contributed by atoms with van der Waals surface area (Å²) < 4.78 is 39.6. The number of nitro groups is 1. The normalized spacial score (nSPS) is 11.4. The van der Waals surface area contributed by atoms with Gasteiger partial charge in [0.25, 0.3) is 5.69 Å². The lowest BCUT2D eigenvalue weighted by Gasteiger charge is -2.11. The van der Waals surface area contributed by atoms with Crippen molar-refractivity contribution in [3.05, 3.63) is 27.6 Å². The minimum absolute atomic E-state index is 0.0953. The molecule has 1 heterocycles. The van der Waals surface area contributed by atoms with Gasteiger partial charge in [-0.05, 0) is 6.92 Å². The van der Waals surface area contributed by atoms with Gasteiger partial charge in [-0.2, -0.15) is 0 Å². The first-order valence-electron chi connectivity index (χ1n) is 4.35. The second-order valence-corrected chi connectivity index (χ2v) is 3.05. The van der Waals surface area contributed by atoms with E-state index in [9.17, 15) is 23.3 Å². The van der Waals surface area contributed by atoms with Crippen molar-refractivity contribution in [1.82, 2.24) is 4.98 Å². The fraction of sp³-hybridized carbons (Fsp3) is 0.375. The molecule has 17 heavy (non-hydrogen) atoms. The molecule has 0 spiro atoms. The number of nitrogens with zero attached hydrogens (tertiary/aromatic N) is 2. The van der Waals surface area contributed by atoms with Crippen LogP contribution < -0.4 is 10.5 Å². The van der Waals surface area contributed by atoms with Crippen LogP contribution in [0.4, 0.5) is 18.9 Å². The molecule has 0 fully saturated rings. The van der Waals surface area contributed by atoms with Crippen molar-refractivity contribution >= 4 is 5.69 Å². The molecule has 1 rings (SSSR count). The van der Waals surface area contributed by atoms with Crippen molar-refractivity contribution in [2.45, 2.75) is 19.8 Å². The molecule has 0 aliphatic rings. The molecule has 0 saturated heterocycles. The van der Waals surface area contributed by atoms with Crippen molar-refractivity contribution in [2.75, 3.05) is 0 Å². The summed E-state index contributed by atoms with van der Waals surface area (Å²) in [7, 11) is 0. The summed E-state index contributed by atoms with van der Waals surface area (Å²) in [6.45, 7) is 0.892. The van der Waals surface area contributed by atoms with E-state index in [1.165, 1.54) is 0 Å². The standard InChI is InChI=1S/C8H8F3N3O3/c1-4-6(17-8(9,10)11)3-13-5(2-12)7(4)14(15)16/h3H,2,12H2,1H3. The second kappa shape index (κ2) is 4.53. The molecular formula is C8H8F3N3O3. The summed E-state index contributed by atoms with van der Waals surface area (Å²) >= 11 is 0. The van der Waals surface area contributed by atoms with Gasteiger partial charge in [0.1, 0.15) is 5.69 Å². The molecule has 2 N–H and O–H groups in total. The van der Waals surface area contributed by atoms with E-state index in [1.54, 1.807) is 0 Å². The SMILES string of the molecule is Cc1c(OC(F)(F)F)cnc(CN)c1[N+](=O)[O-]. The van der Waals surface area contributed by atoms with Crippen LogP contribution in [-0.4, -0.2) is 16.3 Å². The van der Waals surface area contributed by atoms with E-state index in [2.05, 4.69) is 9.72 Å². The van der Waals surface area contributed by atoms with Crippen LogP contribution in [0.5, 0.6) is 5.75 Å². The Labute approximate surface area is 93.3 Å². The van der Waals surface area contributed by atoms with Gasteiger partial charge in [-0.3, -0.25) is 10.1 Å². The zero-order valence-corrected chi connectivity index (χ0v) is 8.61. The number of nitrogens with two attached hydrogens (primary N) is 1. The highest BCUT2D eigenvalue weighted by atomic mass is 19.4. The Bertz CT molecular complexity index is 448. The van der Waals surface area contributed by atoms with Gasteiger partial charge in [0.15, 0.2) is 5.75 Å². The lowest BCUT2D eigenvalue weighted by Crippen LogP contribution is -2.19. The van der Waals surface area contributed by atoms with Crippen LogP contribution in [0, 0.1) is 17.0 Å². The van der Waals surface area contributed by atoms with E-state index in [4.69, 9.17) is 5.73 Å². The maximum absolute atomic E-state index is 12.0. The molecule has 94 valence electrons. The first-order valence-corrected chi connectivity index (χ1v) is 4.35. The smallest absolute Gasteiger partial charge is 0.404 e. The summed E-state index contributed by atoms with van der Waals surface area (Å²) in [5.41, 5.74) is 4.29. The molecule has 0 amide bonds. The van der Waals surface area contributed by atoms with Gasteiger partial charge < -0.3 is 10.5 Å².